The van der Waals surface area contributed by atoms with Gasteiger partial charge in [0.15, 0.2) is 0 Å². The summed E-state index contributed by atoms with van der Waals surface area (Å²) >= 11 is 0. The van der Waals surface area contributed by atoms with Gasteiger partial charge in [-0.2, -0.15) is 0 Å². The van der Waals surface area contributed by atoms with Crippen molar-refractivity contribution in [3.8, 4) is 0 Å². The fraction of sp³-hybridized carbons (Fsp3) is 0.500. The highest BCUT2D eigenvalue weighted by Crippen LogP contribution is 2.28. The van der Waals surface area contributed by atoms with Crippen molar-refractivity contribution in [2.45, 2.75) is 31.7 Å². The summed E-state index contributed by atoms with van der Waals surface area (Å²) < 4.78 is 0. The fourth-order valence-corrected chi connectivity index (χ4v) is 2.44. The lowest BCUT2D eigenvalue weighted by atomic mass is 10.0. The molecule has 1 aliphatic heterocycles. The fourth-order valence-electron chi connectivity index (χ4n) is 2.44. The quantitative estimate of drug-likeness (QED) is 0.845. The van der Waals surface area contributed by atoms with Gasteiger partial charge in [0.05, 0.1) is 0 Å². The Balaban J connectivity index is 1.85. The Morgan fingerprint density at radius 2 is 2.24 bits per heavy atom. The number of benzene rings is 1. The predicted octanol–water partition coefficient (Wildman–Crippen LogP) is 2.28. The van der Waals surface area contributed by atoms with E-state index in [1.54, 1.807) is 0 Å². The van der Waals surface area contributed by atoms with E-state index in [-0.39, 0.29) is 5.91 Å². The average Bonchev–Trinajstić information content (AvgIpc) is 3.21. The summed E-state index contributed by atoms with van der Waals surface area (Å²) in [7, 11) is 1.91. The third-order valence-corrected chi connectivity index (χ3v) is 3.71. The zero-order chi connectivity index (χ0) is 11.8. The number of anilines is 1. The lowest BCUT2D eigenvalue weighted by Gasteiger charge is -2.20. The van der Waals surface area contributed by atoms with E-state index in [9.17, 15) is 4.79 Å². The van der Waals surface area contributed by atoms with E-state index in [4.69, 9.17) is 0 Å². The van der Waals surface area contributed by atoms with E-state index in [0.29, 0.717) is 6.04 Å². The molecule has 3 nitrogen and oxygen atoms in total. The van der Waals surface area contributed by atoms with Gasteiger partial charge in [0.2, 0.25) is 0 Å². The van der Waals surface area contributed by atoms with Crippen LogP contribution in [-0.2, 0) is 6.42 Å². The third kappa shape index (κ3) is 2.02. The topological polar surface area (TPSA) is 32.3 Å². The van der Waals surface area contributed by atoms with Crippen LogP contribution in [0.3, 0.4) is 0 Å². The molecule has 0 bridgehead atoms. The molecule has 1 aromatic rings. The molecule has 0 spiro atoms. The maximum atomic E-state index is 12.2. The van der Waals surface area contributed by atoms with Crippen LogP contribution in [0.5, 0.6) is 0 Å². The molecule has 1 aliphatic carbocycles. The Bertz CT molecular complexity index is 452. The number of amides is 1. The lowest BCUT2D eigenvalue weighted by molar-refractivity contribution is 0.0785. The Kier molecular flexibility index (Phi) is 2.54. The molecular formula is C14H18N2O. The molecule has 0 atom stereocenters. The first-order valence-electron chi connectivity index (χ1n) is 6.39. The first-order valence-corrected chi connectivity index (χ1v) is 6.39. The van der Waals surface area contributed by atoms with Gasteiger partial charge in [-0.3, -0.25) is 4.79 Å². The number of aryl methyl sites for hydroxylation is 1. The highest BCUT2D eigenvalue weighted by Gasteiger charge is 2.30. The molecule has 3 heteroatoms. The number of hydrogen-bond acceptors (Lipinski definition) is 2. The van der Waals surface area contributed by atoms with E-state index >= 15 is 0 Å². The van der Waals surface area contributed by atoms with Crippen LogP contribution in [0.2, 0.25) is 0 Å². The first-order chi connectivity index (χ1) is 8.25. The second-order valence-corrected chi connectivity index (χ2v) is 5.05. The maximum Gasteiger partial charge on any atom is 0.253 e. The molecule has 3 rings (SSSR count). The van der Waals surface area contributed by atoms with Gasteiger partial charge < -0.3 is 10.2 Å². The molecule has 0 saturated heterocycles. The van der Waals surface area contributed by atoms with E-state index < -0.39 is 0 Å². The molecular weight excluding hydrogens is 212 g/mol. The lowest BCUT2D eigenvalue weighted by Crippen LogP contribution is -2.29. The van der Waals surface area contributed by atoms with Gasteiger partial charge in [-0.05, 0) is 49.4 Å². The highest BCUT2D eigenvalue weighted by molar-refractivity contribution is 5.95. The minimum Gasteiger partial charge on any atom is -0.385 e. The Morgan fingerprint density at radius 1 is 1.41 bits per heavy atom. The number of fused-ring (bicyclic) bond motifs is 1. The Labute approximate surface area is 102 Å². The van der Waals surface area contributed by atoms with Crippen molar-refractivity contribution >= 4 is 11.6 Å². The SMILES string of the molecule is CN(C(=O)c1ccc2c(c1)CCCN2)C1CC1. The van der Waals surface area contributed by atoms with Crippen molar-refractivity contribution in [3.05, 3.63) is 29.3 Å². The summed E-state index contributed by atoms with van der Waals surface area (Å²) in [6, 6.07) is 6.53. The number of carbonyl (C=O) groups is 1. The van der Waals surface area contributed by atoms with E-state index in [0.717, 1.165) is 37.8 Å². The van der Waals surface area contributed by atoms with Crippen molar-refractivity contribution in [2.75, 3.05) is 18.9 Å². The molecule has 1 N–H and O–H groups in total. The smallest absolute Gasteiger partial charge is 0.253 e. The summed E-state index contributed by atoms with van der Waals surface area (Å²) in [4.78, 5) is 14.1. The largest absolute Gasteiger partial charge is 0.385 e. The number of nitrogens with one attached hydrogen (secondary N) is 1. The Hall–Kier alpha value is -1.51. The van der Waals surface area contributed by atoms with Gasteiger partial charge in [-0.25, -0.2) is 0 Å². The van der Waals surface area contributed by atoms with E-state index in [1.165, 1.54) is 11.3 Å². The van der Waals surface area contributed by atoms with Crippen LogP contribution in [0, 0.1) is 0 Å². The van der Waals surface area contributed by atoms with Crippen molar-refractivity contribution in [1.82, 2.24) is 4.90 Å². The van der Waals surface area contributed by atoms with Crippen LogP contribution in [-0.4, -0.2) is 30.4 Å². The number of carbonyl (C=O) groups excluding carboxylic acids is 1. The summed E-state index contributed by atoms with van der Waals surface area (Å²) in [5.74, 6) is 0.167. The minimum atomic E-state index is 0.167. The standard InChI is InChI=1S/C14H18N2O/c1-16(12-5-6-12)14(17)11-4-7-13-10(9-11)3-2-8-15-13/h4,7,9,12,15H,2-3,5-6,8H2,1H3. The summed E-state index contributed by atoms with van der Waals surface area (Å²) in [5, 5.41) is 3.37. The van der Waals surface area contributed by atoms with Crippen molar-refractivity contribution in [2.24, 2.45) is 0 Å². The van der Waals surface area contributed by atoms with E-state index in [2.05, 4.69) is 11.4 Å². The summed E-state index contributed by atoms with van der Waals surface area (Å²) in [6.07, 6.45) is 4.56. The monoisotopic (exact) mass is 230 g/mol. The van der Waals surface area contributed by atoms with Crippen LogP contribution < -0.4 is 5.32 Å². The van der Waals surface area contributed by atoms with Gasteiger partial charge in [-0.1, -0.05) is 0 Å². The normalized spacial score (nSPS) is 18.2. The predicted molar refractivity (Wildman–Crippen MR) is 68.4 cm³/mol. The molecule has 1 amide bonds. The van der Waals surface area contributed by atoms with Crippen LogP contribution >= 0.6 is 0 Å². The van der Waals surface area contributed by atoms with E-state index in [1.807, 2.05) is 24.1 Å². The van der Waals surface area contributed by atoms with Gasteiger partial charge in [0.1, 0.15) is 0 Å². The number of rotatable bonds is 2. The zero-order valence-electron chi connectivity index (χ0n) is 10.2. The van der Waals surface area contributed by atoms with Gasteiger partial charge in [0.25, 0.3) is 5.91 Å². The molecule has 2 aliphatic rings. The maximum absolute atomic E-state index is 12.2. The molecule has 90 valence electrons. The number of hydrogen-bond donors (Lipinski definition) is 1. The van der Waals surface area contributed by atoms with Crippen LogP contribution in [0.4, 0.5) is 5.69 Å². The molecule has 1 heterocycles. The second-order valence-electron chi connectivity index (χ2n) is 5.05. The molecule has 0 unspecified atom stereocenters. The highest BCUT2D eigenvalue weighted by atomic mass is 16.2. The molecule has 17 heavy (non-hydrogen) atoms. The van der Waals surface area contributed by atoms with Gasteiger partial charge in [0, 0.05) is 30.9 Å². The average molecular weight is 230 g/mol. The summed E-state index contributed by atoms with van der Waals surface area (Å²) in [6.45, 7) is 1.04. The molecule has 1 aromatic carbocycles. The first kappa shape index (κ1) is 10.6. The minimum absolute atomic E-state index is 0.167. The molecule has 0 radical (unpaired) electrons. The Morgan fingerprint density at radius 3 is 3.00 bits per heavy atom. The van der Waals surface area contributed by atoms with Crippen molar-refractivity contribution in [3.63, 3.8) is 0 Å². The number of nitrogens with zero attached hydrogens (tertiary/aromatic N) is 1. The molecule has 1 fully saturated rings. The van der Waals surface area contributed by atoms with Crippen molar-refractivity contribution in [1.29, 1.82) is 0 Å². The van der Waals surface area contributed by atoms with Gasteiger partial charge in [-0.15, -0.1) is 0 Å². The van der Waals surface area contributed by atoms with Crippen molar-refractivity contribution < 1.29 is 4.79 Å². The zero-order valence-corrected chi connectivity index (χ0v) is 10.2. The molecule has 0 aromatic heterocycles. The van der Waals surface area contributed by atoms with Crippen LogP contribution in [0.15, 0.2) is 18.2 Å². The van der Waals surface area contributed by atoms with Crippen LogP contribution in [0.1, 0.15) is 35.2 Å². The summed E-state index contributed by atoms with van der Waals surface area (Å²) in [5.41, 5.74) is 3.31. The molecule has 1 saturated carbocycles. The van der Waals surface area contributed by atoms with Crippen LogP contribution in [0.25, 0.3) is 0 Å². The second kappa shape index (κ2) is 4.06. The van der Waals surface area contributed by atoms with Gasteiger partial charge >= 0.3 is 0 Å². The third-order valence-electron chi connectivity index (χ3n) is 3.71.